The molecule has 0 saturated heterocycles. The smallest absolute Gasteiger partial charge is 0.00987 e. The minimum Gasteiger partial charge on any atom is -0.0654 e. The zero-order chi connectivity index (χ0) is 24.3. The third-order valence-electron chi connectivity index (χ3n) is 7.82. The highest BCUT2D eigenvalue weighted by Crippen LogP contribution is 2.36. The standard InChI is InChI=1S/C36H34/c1-2-3-4-5-6-8-11-26-14-18-31-29(24-26)16-20-35-33(31)22-23-34-32-19-15-28(27-12-9-7-10-13-27)25-30(32)17-21-36(34)35/h7,9-10,12-25H,2-6,8,11H2,1H3. The number of benzene rings is 6. The first-order valence-electron chi connectivity index (χ1n) is 13.7. The molecule has 0 fully saturated rings. The van der Waals surface area contributed by atoms with Gasteiger partial charge in [-0.2, -0.15) is 0 Å². The van der Waals surface area contributed by atoms with Crippen LogP contribution >= 0.6 is 0 Å². The lowest BCUT2D eigenvalue weighted by atomic mass is 9.92. The lowest BCUT2D eigenvalue weighted by Gasteiger charge is -2.12. The van der Waals surface area contributed by atoms with E-state index in [1.165, 1.54) is 105 Å². The van der Waals surface area contributed by atoms with Gasteiger partial charge in [-0.25, -0.2) is 0 Å². The Morgan fingerprint density at radius 2 is 0.972 bits per heavy atom. The fourth-order valence-electron chi connectivity index (χ4n) is 5.83. The highest BCUT2D eigenvalue weighted by atomic mass is 14.1. The normalized spacial score (nSPS) is 11.7. The topological polar surface area (TPSA) is 0 Å². The first-order chi connectivity index (χ1) is 17.8. The van der Waals surface area contributed by atoms with Crippen LogP contribution < -0.4 is 0 Å². The van der Waals surface area contributed by atoms with E-state index in [0.717, 1.165) is 0 Å². The summed E-state index contributed by atoms with van der Waals surface area (Å²) in [4.78, 5) is 0. The van der Waals surface area contributed by atoms with Crippen molar-refractivity contribution < 1.29 is 0 Å². The average Bonchev–Trinajstić information content (AvgIpc) is 2.94. The molecule has 0 amide bonds. The second-order valence-electron chi connectivity index (χ2n) is 10.3. The molecule has 0 aliphatic carbocycles. The number of rotatable bonds is 8. The molecule has 0 saturated carbocycles. The Labute approximate surface area is 214 Å². The fraction of sp³-hybridized carbons (Fsp3) is 0.222. The van der Waals surface area contributed by atoms with Crippen LogP contribution in [0.3, 0.4) is 0 Å². The zero-order valence-electron chi connectivity index (χ0n) is 21.3. The number of hydrogen-bond acceptors (Lipinski definition) is 0. The minimum atomic E-state index is 1.19. The van der Waals surface area contributed by atoms with Crippen LogP contribution in [-0.2, 0) is 6.42 Å². The second-order valence-corrected chi connectivity index (χ2v) is 10.3. The zero-order valence-corrected chi connectivity index (χ0v) is 21.3. The molecule has 0 heteroatoms. The molecule has 0 heterocycles. The van der Waals surface area contributed by atoms with Gasteiger partial charge in [0.1, 0.15) is 0 Å². The van der Waals surface area contributed by atoms with Crippen molar-refractivity contribution in [2.75, 3.05) is 0 Å². The molecule has 0 aliphatic heterocycles. The maximum absolute atomic E-state index is 2.41. The molecule has 0 radical (unpaired) electrons. The number of aryl methyl sites for hydroxylation is 1. The summed E-state index contributed by atoms with van der Waals surface area (Å²) in [5, 5.41) is 10.7. The van der Waals surface area contributed by atoms with Crippen molar-refractivity contribution in [1.82, 2.24) is 0 Å². The highest BCUT2D eigenvalue weighted by Gasteiger charge is 2.09. The summed E-state index contributed by atoms with van der Waals surface area (Å²) in [5.41, 5.74) is 4.00. The predicted molar refractivity (Wildman–Crippen MR) is 159 cm³/mol. The van der Waals surface area contributed by atoms with Gasteiger partial charge in [-0.15, -0.1) is 0 Å². The van der Waals surface area contributed by atoms with Gasteiger partial charge in [-0.05, 0) is 78.7 Å². The summed E-state index contributed by atoms with van der Waals surface area (Å²) in [6.45, 7) is 2.28. The third-order valence-corrected chi connectivity index (χ3v) is 7.82. The van der Waals surface area contributed by atoms with Crippen LogP contribution in [0.25, 0.3) is 54.2 Å². The van der Waals surface area contributed by atoms with Crippen molar-refractivity contribution in [3.8, 4) is 11.1 Å². The van der Waals surface area contributed by atoms with Crippen molar-refractivity contribution in [3.05, 3.63) is 109 Å². The van der Waals surface area contributed by atoms with Crippen molar-refractivity contribution in [2.24, 2.45) is 0 Å². The molecule has 0 bridgehead atoms. The number of hydrogen-bond donors (Lipinski definition) is 0. The summed E-state index contributed by atoms with van der Waals surface area (Å²) in [6, 6.07) is 38.5. The number of fused-ring (bicyclic) bond motifs is 7. The SMILES string of the molecule is CCCCCCCCc1ccc2c(ccc3c2ccc2c4ccc(-c5ccccc5)cc4ccc23)c1. The second kappa shape index (κ2) is 10.2. The van der Waals surface area contributed by atoms with Gasteiger partial charge in [-0.3, -0.25) is 0 Å². The van der Waals surface area contributed by atoms with Gasteiger partial charge in [0.15, 0.2) is 0 Å². The van der Waals surface area contributed by atoms with Crippen LogP contribution in [-0.4, -0.2) is 0 Å². The van der Waals surface area contributed by atoms with E-state index < -0.39 is 0 Å². The van der Waals surface area contributed by atoms with E-state index in [2.05, 4.69) is 110 Å². The molecule has 0 N–H and O–H groups in total. The van der Waals surface area contributed by atoms with E-state index in [-0.39, 0.29) is 0 Å². The average molecular weight is 467 g/mol. The molecule has 0 nitrogen and oxygen atoms in total. The molecule has 0 aliphatic rings. The first-order valence-corrected chi connectivity index (χ1v) is 13.7. The predicted octanol–water partition coefficient (Wildman–Crippen LogP) is 10.9. The third kappa shape index (κ3) is 4.37. The van der Waals surface area contributed by atoms with E-state index in [9.17, 15) is 0 Å². The van der Waals surface area contributed by atoms with Gasteiger partial charge in [0.05, 0.1) is 0 Å². The Hall–Kier alpha value is -3.64. The van der Waals surface area contributed by atoms with Gasteiger partial charge in [-0.1, -0.05) is 136 Å². The molecule has 6 aromatic rings. The van der Waals surface area contributed by atoms with Gasteiger partial charge in [0, 0.05) is 0 Å². The summed E-state index contributed by atoms with van der Waals surface area (Å²) >= 11 is 0. The summed E-state index contributed by atoms with van der Waals surface area (Å²) in [7, 11) is 0. The largest absolute Gasteiger partial charge is 0.0654 e. The molecular weight excluding hydrogens is 432 g/mol. The van der Waals surface area contributed by atoms with Gasteiger partial charge >= 0.3 is 0 Å². The Balaban J connectivity index is 1.34. The Morgan fingerprint density at radius 3 is 1.69 bits per heavy atom. The lowest BCUT2D eigenvalue weighted by molar-refractivity contribution is 0.607. The van der Waals surface area contributed by atoms with Crippen molar-refractivity contribution in [1.29, 1.82) is 0 Å². The van der Waals surface area contributed by atoms with Crippen LogP contribution in [0.2, 0.25) is 0 Å². The minimum absolute atomic E-state index is 1.19. The molecular formula is C36H34. The molecule has 36 heavy (non-hydrogen) atoms. The Kier molecular flexibility index (Phi) is 6.43. The summed E-state index contributed by atoms with van der Waals surface area (Å²) in [5.74, 6) is 0. The van der Waals surface area contributed by atoms with Crippen LogP contribution in [0.1, 0.15) is 51.0 Å². The number of unbranched alkanes of at least 4 members (excludes halogenated alkanes) is 5. The Morgan fingerprint density at radius 1 is 0.417 bits per heavy atom. The molecule has 0 atom stereocenters. The quantitative estimate of drug-likeness (QED) is 0.154. The summed E-state index contributed by atoms with van der Waals surface area (Å²) < 4.78 is 0. The van der Waals surface area contributed by atoms with Gasteiger partial charge in [0.2, 0.25) is 0 Å². The van der Waals surface area contributed by atoms with Crippen molar-refractivity contribution in [3.63, 3.8) is 0 Å². The molecule has 6 rings (SSSR count). The van der Waals surface area contributed by atoms with E-state index in [0.29, 0.717) is 0 Å². The monoisotopic (exact) mass is 466 g/mol. The summed E-state index contributed by atoms with van der Waals surface area (Å²) in [6.07, 6.45) is 9.30. The van der Waals surface area contributed by atoms with Crippen LogP contribution in [0, 0.1) is 0 Å². The van der Waals surface area contributed by atoms with Crippen molar-refractivity contribution in [2.45, 2.75) is 51.9 Å². The molecule has 0 aromatic heterocycles. The fourth-order valence-corrected chi connectivity index (χ4v) is 5.83. The molecule has 6 aromatic carbocycles. The van der Waals surface area contributed by atoms with Crippen LogP contribution in [0.5, 0.6) is 0 Å². The Bertz CT molecular complexity index is 1660. The van der Waals surface area contributed by atoms with Crippen LogP contribution in [0.15, 0.2) is 103 Å². The highest BCUT2D eigenvalue weighted by molar-refractivity contribution is 6.22. The van der Waals surface area contributed by atoms with E-state index in [1.807, 2.05) is 0 Å². The van der Waals surface area contributed by atoms with Gasteiger partial charge < -0.3 is 0 Å². The van der Waals surface area contributed by atoms with E-state index in [4.69, 9.17) is 0 Å². The van der Waals surface area contributed by atoms with E-state index in [1.54, 1.807) is 0 Å². The maximum Gasteiger partial charge on any atom is -0.00987 e. The van der Waals surface area contributed by atoms with Gasteiger partial charge in [0.25, 0.3) is 0 Å². The molecule has 178 valence electrons. The van der Waals surface area contributed by atoms with Crippen molar-refractivity contribution >= 4 is 43.1 Å². The molecule has 0 unspecified atom stereocenters. The lowest BCUT2D eigenvalue weighted by Crippen LogP contribution is -1.88. The first kappa shape index (κ1) is 22.8. The molecule has 0 spiro atoms. The van der Waals surface area contributed by atoms with Crippen LogP contribution in [0.4, 0.5) is 0 Å². The van der Waals surface area contributed by atoms with E-state index >= 15 is 0 Å². The maximum atomic E-state index is 2.41.